The molecule has 0 aliphatic heterocycles. The topological polar surface area (TPSA) is 114 Å². The molecule has 0 bridgehead atoms. The number of aromatic nitrogens is 2. The summed E-state index contributed by atoms with van der Waals surface area (Å²) in [7, 11) is 1.31. The molecule has 1 heterocycles. The van der Waals surface area contributed by atoms with Crippen LogP contribution < -0.4 is 10.5 Å². The number of nitrogens with two attached hydrogens (primary N) is 1. The Labute approximate surface area is 131 Å². The number of nitrogens with zero attached hydrogens (tertiary/aromatic N) is 1. The molecule has 23 heavy (non-hydrogen) atoms. The van der Waals surface area contributed by atoms with Crippen LogP contribution in [-0.2, 0) is 4.74 Å². The zero-order valence-electron chi connectivity index (χ0n) is 12.3. The Bertz CT molecular complexity index is 901. The van der Waals surface area contributed by atoms with E-state index in [1.54, 1.807) is 42.6 Å². The highest BCUT2D eigenvalue weighted by molar-refractivity contribution is 6.06. The van der Waals surface area contributed by atoms with Crippen LogP contribution in [0.2, 0.25) is 0 Å². The van der Waals surface area contributed by atoms with E-state index >= 15 is 0 Å². The Morgan fingerprint density at radius 1 is 1.30 bits per heavy atom. The van der Waals surface area contributed by atoms with E-state index in [9.17, 15) is 4.79 Å². The number of H-pyrrole nitrogens is 1. The second-order valence-electron chi connectivity index (χ2n) is 4.81. The van der Waals surface area contributed by atoms with Crippen LogP contribution in [0.4, 0.5) is 0 Å². The Balaban J connectivity index is 2.07. The predicted octanol–water partition coefficient (Wildman–Crippen LogP) is 2.43. The van der Waals surface area contributed by atoms with Crippen molar-refractivity contribution in [3.05, 3.63) is 53.7 Å². The second kappa shape index (κ2) is 5.80. The molecular formula is C16H14N4O3. The van der Waals surface area contributed by atoms with Gasteiger partial charge in [-0.1, -0.05) is 12.1 Å². The molecule has 7 heteroatoms. The molecule has 7 nitrogen and oxygen atoms in total. The van der Waals surface area contributed by atoms with Gasteiger partial charge in [0, 0.05) is 10.9 Å². The molecule has 0 spiro atoms. The maximum Gasteiger partial charge on any atom is 0.342 e. The molecule has 116 valence electrons. The SMILES string of the molecule is COC(=O)c1c(Oc2cccc(C(=N)N)c2)ccc2[nH]ncc12. The van der Waals surface area contributed by atoms with Crippen molar-refractivity contribution in [2.24, 2.45) is 5.73 Å². The summed E-state index contributed by atoms with van der Waals surface area (Å²) >= 11 is 0. The van der Waals surface area contributed by atoms with Crippen molar-refractivity contribution in [3.8, 4) is 11.5 Å². The van der Waals surface area contributed by atoms with Crippen LogP contribution in [0, 0.1) is 5.41 Å². The highest BCUT2D eigenvalue weighted by Crippen LogP contribution is 2.31. The van der Waals surface area contributed by atoms with Crippen molar-refractivity contribution in [3.63, 3.8) is 0 Å². The summed E-state index contributed by atoms with van der Waals surface area (Å²) in [5.74, 6) is 0.223. The van der Waals surface area contributed by atoms with Crippen LogP contribution in [0.1, 0.15) is 15.9 Å². The van der Waals surface area contributed by atoms with Crippen LogP contribution in [0.25, 0.3) is 10.9 Å². The number of benzene rings is 2. The van der Waals surface area contributed by atoms with Gasteiger partial charge in [-0.25, -0.2) is 4.79 Å². The average molecular weight is 310 g/mol. The quantitative estimate of drug-likeness (QED) is 0.389. The number of hydrogen-bond acceptors (Lipinski definition) is 5. The van der Waals surface area contributed by atoms with Gasteiger partial charge in [0.05, 0.1) is 18.8 Å². The lowest BCUT2D eigenvalue weighted by atomic mass is 10.1. The smallest absolute Gasteiger partial charge is 0.342 e. The molecule has 2 aromatic carbocycles. The third kappa shape index (κ3) is 2.71. The van der Waals surface area contributed by atoms with E-state index in [4.69, 9.17) is 20.6 Å². The van der Waals surface area contributed by atoms with E-state index in [2.05, 4.69) is 10.2 Å². The summed E-state index contributed by atoms with van der Waals surface area (Å²) in [4.78, 5) is 12.1. The molecule has 1 aromatic heterocycles. The van der Waals surface area contributed by atoms with Crippen molar-refractivity contribution in [2.45, 2.75) is 0 Å². The molecule has 0 aliphatic rings. The zero-order chi connectivity index (χ0) is 16.4. The maximum absolute atomic E-state index is 12.1. The number of amidine groups is 1. The fourth-order valence-corrected chi connectivity index (χ4v) is 2.25. The van der Waals surface area contributed by atoms with Crippen molar-refractivity contribution in [1.82, 2.24) is 10.2 Å². The van der Waals surface area contributed by atoms with Crippen molar-refractivity contribution >= 4 is 22.7 Å². The van der Waals surface area contributed by atoms with Gasteiger partial charge in [-0.05, 0) is 24.3 Å². The Morgan fingerprint density at radius 2 is 2.13 bits per heavy atom. The fraction of sp³-hybridized carbons (Fsp3) is 0.0625. The summed E-state index contributed by atoms with van der Waals surface area (Å²) in [6, 6.07) is 10.2. The minimum absolute atomic E-state index is 0.0612. The van der Waals surface area contributed by atoms with Gasteiger partial charge < -0.3 is 15.2 Å². The molecule has 4 N–H and O–H groups in total. The first kappa shape index (κ1) is 14.6. The van der Waals surface area contributed by atoms with E-state index in [-0.39, 0.29) is 11.4 Å². The summed E-state index contributed by atoms with van der Waals surface area (Å²) in [6.07, 6.45) is 1.54. The minimum Gasteiger partial charge on any atom is -0.465 e. The van der Waals surface area contributed by atoms with Crippen molar-refractivity contribution in [2.75, 3.05) is 7.11 Å². The van der Waals surface area contributed by atoms with E-state index in [1.165, 1.54) is 7.11 Å². The first-order valence-electron chi connectivity index (χ1n) is 6.77. The van der Waals surface area contributed by atoms with Gasteiger partial charge >= 0.3 is 5.97 Å². The lowest BCUT2D eigenvalue weighted by Gasteiger charge is -2.11. The minimum atomic E-state index is -0.519. The normalized spacial score (nSPS) is 10.5. The number of nitrogens with one attached hydrogen (secondary N) is 2. The van der Waals surface area contributed by atoms with Crippen LogP contribution in [0.3, 0.4) is 0 Å². The highest BCUT2D eigenvalue weighted by atomic mass is 16.5. The third-order valence-electron chi connectivity index (χ3n) is 3.35. The van der Waals surface area contributed by atoms with Crippen LogP contribution in [0.5, 0.6) is 11.5 Å². The first-order valence-corrected chi connectivity index (χ1v) is 6.77. The Kier molecular flexibility index (Phi) is 3.68. The van der Waals surface area contributed by atoms with Gasteiger partial charge in [0.15, 0.2) is 0 Å². The lowest BCUT2D eigenvalue weighted by molar-refractivity contribution is 0.0600. The molecule has 0 amide bonds. The predicted molar refractivity (Wildman–Crippen MR) is 85.0 cm³/mol. The van der Waals surface area contributed by atoms with E-state index < -0.39 is 5.97 Å². The number of rotatable bonds is 4. The largest absolute Gasteiger partial charge is 0.465 e. The molecule has 0 radical (unpaired) electrons. The van der Waals surface area contributed by atoms with Gasteiger partial charge in [-0.3, -0.25) is 10.5 Å². The molecule has 0 saturated carbocycles. The molecule has 3 rings (SSSR count). The van der Waals surface area contributed by atoms with E-state index in [0.717, 1.165) is 0 Å². The van der Waals surface area contributed by atoms with Gasteiger partial charge in [-0.15, -0.1) is 0 Å². The summed E-state index contributed by atoms with van der Waals surface area (Å²) in [5, 5.41) is 14.8. The monoisotopic (exact) mass is 310 g/mol. The van der Waals surface area contributed by atoms with Crippen molar-refractivity contribution < 1.29 is 14.3 Å². The van der Waals surface area contributed by atoms with Gasteiger partial charge in [0.1, 0.15) is 22.9 Å². The average Bonchev–Trinajstić information content (AvgIpc) is 3.02. The molecule has 0 aliphatic carbocycles. The molecule has 0 saturated heterocycles. The van der Waals surface area contributed by atoms with Crippen LogP contribution >= 0.6 is 0 Å². The van der Waals surface area contributed by atoms with Gasteiger partial charge in [0.2, 0.25) is 0 Å². The number of carbonyl (C=O) groups is 1. The van der Waals surface area contributed by atoms with Crippen LogP contribution in [-0.4, -0.2) is 29.1 Å². The lowest BCUT2D eigenvalue weighted by Crippen LogP contribution is -2.10. The van der Waals surface area contributed by atoms with Crippen LogP contribution in [0.15, 0.2) is 42.6 Å². The number of ether oxygens (including phenoxy) is 2. The fourth-order valence-electron chi connectivity index (χ4n) is 2.25. The van der Waals surface area contributed by atoms with E-state index in [1.807, 2.05) is 0 Å². The number of esters is 1. The number of methoxy groups -OCH3 is 1. The molecular weight excluding hydrogens is 296 g/mol. The zero-order valence-corrected chi connectivity index (χ0v) is 12.3. The van der Waals surface area contributed by atoms with E-state index in [0.29, 0.717) is 28.0 Å². The third-order valence-corrected chi connectivity index (χ3v) is 3.35. The second-order valence-corrected chi connectivity index (χ2v) is 4.81. The maximum atomic E-state index is 12.1. The number of aromatic amines is 1. The number of nitrogen functional groups attached to an aromatic ring is 1. The first-order chi connectivity index (χ1) is 11.1. The number of hydrogen-bond donors (Lipinski definition) is 3. The molecule has 0 unspecified atom stereocenters. The van der Waals surface area contributed by atoms with Gasteiger partial charge in [-0.2, -0.15) is 5.10 Å². The number of fused-ring (bicyclic) bond motifs is 1. The van der Waals surface area contributed by atoms with Crippen molar-refractivity contribution in [1.29, 1.82) is 5.41 Å². The molecule has 0 fully saturated rings. The Hall–Kier alpha value is -3.35. The number of carbonyl (C=O) groups excluding carboxylic acids is 1. The highest BCUT2D eigenvalue weighted by Gasteiger charge is 2.19. The molecule has 3 aromatic rings. The molecule has 0 atom stereocenters. The Morgan fingerprint density at radius 3 is 2.87 bits per heavy atom. The summed E-state index contributed by atoms with van der Waals surface area (Å²) < 4.78 is 10.6. The summed E-state index contributed by atoms with van der Waals surface area (Å²) in [5.41, 5.74) is 7.00. The summed E-state index contributed by atoms with van der Waals surface area (Å²) in [6.45, 7) is 0. The standard InChI is InChI=1S/C16H14N4O3/c1-22-16(21)14-11-8-19-20-12(11)5-6-13(14)23-10-4-2-3-9(7-10)15(17)18/h2-8H,1H3,(H3,17,18)(H,19,20). The van der Waals surface area contributed by atoms with Gasteiger partial charge in [0.25, 0.3) is 0 Å².